The van der Waals surface area contributed by atoms with Crippen LogP contribution < -0.4 is 14.8 Å². The molecule has 2 heterocycles. The van der Waals surface area contributed by atoms with E-state index in [-0.39, 0.29) is 16.5 Å². The molecule has 4 aromatic rings. The molecule has 0 bridgehead atoms. The second kappa shape index (κ2) is 9.75. The maximum atomic E-state index is 12.6. The van der Waals surface area contributed by atoms with Crippen molar-refractivity contribution in [3.8, 4) is 28.6 Å². The second-order valence-corrected chi connectivity index (χ2v) is 7.13. The zero-order valence-electron chi connectivity index (χ0n) is 17.1. The Hall–Kier alpha value is -4.18. The van der Waals surface area contributed by atoms with Gasteiger partial charge in [-0.05, 0) is 48.5 Å². The third-order valence-electron chi connectivity index (χ3n) is 4.35. The lowest BCUT2D eigenvalue weighted by molar-refractivity contribution is -0.274. The number of rotatable bonds is 6. The molecule has 0 aliphatic carbocycles. The van der Waals surface area contributed by atoms with E-state index in [2.05, 4.69) is 25.0 Å². The smallest absolute Gasteiger partial charge is 0.438 e. The molecule has 11 heteroatoms. The first-order valence-electron chi connectivity index (χ1n) is 9.64. The van der Waals surface area contributed by atoms with Crippen molar-refractivity contribution < 1.29 is 27.4 Å². The van der Waals surface area contributed by atoms with E-state index < -0.39 is 18.0 Å². The average Bonchev–Trinajstić information content (AvgIpc) is 2.81. The number of halogens is 4. The Kier molecular flexibility index (Phi) is 6.60. The van der Waals surface area contributed by atoms with Crippen LogP contribution in [0.4, 0.5) is 18.9 Å². The van der Waals surface area contributed by atoms with Crippen LogP contribution >= 0.6 is 11.6 Å². The number of alkyl halides is 3. The van der Waals surface area contributed by atoms with Gasteiger partial charge < -0.3 is 14.8 Å². The molecular formula is C23H14ClF3N4O3. The molecule has 0 aliphatic heterocycles. The number of nitrogens with one attached hydrogen (secondary N) is 1. The lowest BCUT2D eigenvalue weighted by Crippen LogP contribution is -2.18. The predicted molar refractivity (Wildman–Crippen MR) is 118 cm³/mol. The van der Waals surface area contributed by atoms with Gasteiger partial charge in [-0.1, -0.05) is 17.7 Å². The quantitative estimate of drug-likeness (QED) is 0.352. The van der Waals surface area contributed by atoms with E-state index in [1.54, 1.807) is 54.9 Å². The standard InChI is InChI=1S/C23H14ClF3N4O3/c24-18-7-6-14(11-20(18)34-23(25,26)27)21(32)31-15-3-1-4-16(12-15)33-22-17(5-2-9-29-22)19-8-10-28-13-30-19/h1-13H,(H,31,32). The number of benzene rings is 2. The lowest BCUT2D eigenvalue weighted by atomic mass is 10.2. The highest BCUT2D eigenvalue weighted by Crippen LogP contribution is 2.32. The number of carbonyl (C=O) groups excluding carboxylic acids is 1. The Morgan fingerprint density at radius 2 is 1.82 bits per heavy atom. The van der Waals surface area contributed by atoms with Crippen LogP contribution in [0, 0.1) is 0 Å². The molecule has 2 aromatic heterocycles. The van der Waals surface area contributed by atoms with Gasteiger partial charge in [0.2, 0.25) is 5.88 Å². The maximum absolute atomic E-state index is 12.6. The summed E-state index contributed by atoms with van der Waals surface area (Å²) in [6, 6.07) is 15.0. The fourth-order valence-corrected chi connectivity index (χ4v) is 3.07. The summed E-state index contributed by atoms with van der Waals surface area (Å²) in [6.45, 7) is 0. The van der Waals surface area contributed by atoms with Crippen LogP contribution in [0.15, 0.2) is 79.4 Å². The van der Waals surface area contributed by atoms with Crippen molar-refractivity contribution in [2.45, 2.75) is 6.36 Å². The van der Waals surface area contributed by atoms with E-state index in [0.717, 1.165) is 12.1 Å². The van der Waals surface area contributed by atoms with Gasteiger partial charge in [0.05, 0.1) is 16.3 Å². The molecule has 0 saturated carbocycles. The number of hydrogen-bond acceptors (Lipinski definition) is 6. The van der Waals surface area contributed by atoms with Crippen molar-refractivity contribution in [1.29, 1.82) is 0 Å². The molecule has 172 valence electrons. The minimum Gasteiger partial charge on any atom is -0.438 e. The van der Waals surface area contributed by atoms with E-state index in [1.165, 1.54) is 12.4 Å². The van der Waals surface area contributed by atoms with Gasteiger partial charge >= 0.3 is 6.36 Å². The molecular weight excluding hydrogens is 473 g/mol. The van der Waals surface area contributed by atoms with Crippen LogP contribution in [0.5, 0.6) is 17.4 Å². The van der Waals surface area contributed by atoms with Crippen molar-refractivity contribution >= 4 is 23.2 Å². The Morgan fingerprint density at radius 1 is 0.971 bits per heavy atom. The number of amides is 1. The number of hydrogen-bond donors (Lipinski definition) is 1. The van der Waals surface area contributed by atoms with Crippen LogP contribution in [0.2, 0.25) is 5.02 Å². The van der Waals surface area contributed by atoms with Crippen molar-refractivity contribution in [2.24, 2.45) is 0 Å². The number of ether oxygens (including phenoxy) is 2. The van der Waals surface area contributed by atoms with Crippen LogP contribution in [0.1, 0.15) is 10.4 Å². The highest BCUT2D eigenvalue weighted by molar-refractivity contribution is 6.32. The monoisotopic (exact) mass is 486 g/mol. The largest absolute Gasteiger partial charge is 0.573 e. The molecule has 0 saturated heterocycles. The summed E-state index contributed by atoms with van der Waals surface area (Å²) in [4.78, 5) is 24.9. The molecule has 1 N–H and O–H groups in total. The molecule has 4 rings (SSSR count). The first-order chi connectivity index (χ1) is 16.3. The molecule has 0 radical (unpaired) electrons. The Morgan fingerprint density at radius 3 is 2.59 bits per heavy atom. The van der Waals surface area contributed by atoms with Crippen LogP contribution in [-0.4, -0.2) is 27.2 Å². The van der Waals surface area contributed by atoms with Gasteiger partial charge in [0.15, 0.2) is 0 Å². The van der Waals surface area contributed by atoms with Gasteiger partial charge in [-0.15, -0.1) is 13.2 Å². The number of nitrogens with zero attached hydrogens (tertiary/aromatic N) is 3. The summed E-state index contributed by atoms with van der Waals surface area (Å²) in [5, 5.41) is 2.32. The highest BCUT2D eigenvalue weighted by Gasteiger charge is 2.32. The van der Waals surface area contributed by atoms with Crippen molar-refractivity contribution in [3.05, 3.63) is 90.0 Å². The number of aromatic nitrogens is 3. The topological polar surface area (TPSA) is 86.2 Å². The first-order valence-corrected chi connectivity index (χ1v) is 10.0. The number of anilines is 1. The van der Waals surface area contributed by atoms with E-state index in [4.69, 9.17) is 16.3 Å². The van der Waals surface area contributed by atoms with Crippen molar-refractivity contribution in [2.75, 3.05) is 5.32 Å². The predicted octanol–water partition coefficient (Wildman–Crippen LogP) is 6.14. The summed E-state index contributed by atoms with van der Waals surface area (Å²) in [6.07, 6.45) is -0.380. The maximum Gasteiger partial charge on any atom is 0.573 e. The Balaban J connectivity index is 1.53. The van der Waals surface area contributed by atoms with E-state index in [9.17, 15) is 18.0 Å². The van der Waals surface area contributed by atoms with Gasteiger partial charge in [0.1, 0.15) is 17.8 Å². The fourth-order valence-electron chi connectivity index (χ4n) is 2.92. The molecule has 0 atom stereocenters. The van der Waals surface area contributed by atoms with Gasteiger partial charge in [0.25, 0.3) is 5.91 Å². The second-order valence-electron chi connectivity index (χ2n) is 6.73. The normalized spacial score (nSPS) is 11.1. The molecule has 2 aromatic carbocycles. The van der Waals surface area contributed by atoms with E-state index >= 15 is 0 Å². The SMILES string of the molecule is O=C(Nc1cccc(Oc2ncccc2-c2ccncn2)c1)c1ccc(Cl)c(OC(F)(F)F)c1. The average molecular weight is 487 g/mol. The molecule has 0 spiro atoms. The first kappa shape index (κ1) is 23.0. The third kappa shape index (κ3) is 5.78. The zero-order valence-corrected chi connectivity index (χ0v) is 17.8. The summed E-state index contributed by atoms with van der Waals surface area (Å²) < 4.78 is 47.4. The van der Waals surface area contributed by atoms with Crippen LogP contribution in [-0.2, 0) is 0 Å². The summed E-state index contributed by atoms with van der Waals surface area (Å²) in [5.74, 6) is -0.688. The third-order valence-corrected chi connectivity index (χ3v) is 4.67. The van der Waals surface area contributed by atoms with Crippen molar-refractivity contribution in [3.63, 3.8) is 0 Å². The summed E-state index contributed by atoms with van der Waals surface area (Å²) in [7, 11) is 0. The van der Waals surface area contributed by atoms with Gasteiger partial charge in [-0.25, -0.2) is 15.0 Å². The minimum absolute atomic E-state index is 0.0780. The number of carbonyl (C=O) groups is 1. The Labute approximate surface area is 196 Å². The van der Waals surface area contributed by atoms with Gasteiger partial charge in [-0.2, -0.15) is 0 Å². The van der Waals surface area contributed by atoms with Crippen molar-refractivity contribution in [1.82, 2.24) is 15.0 Å². The molecule has 34 heavy (non-hydrogen) atoms. The summed E-state index contributed by atoms with van der Waals surface area (Å²) in [5.41, 5.74) is 1.51. The fraction of sp³-hybridized carbons (Fsp3) is 0.0435. The molecule has 0 fully saturated rings. The van der Waals surface area contributed by atoms with E-state index in [0.29, 0.717) is 22.7 Å². The van der Waals surface area contributed by atoms with Gasteiger partial charge in [-0.3, -0.25) is 4.79 Å². The highest BCUT2D eigenvalue weighted by atomic mass is 35.5. The molecule has 0 aliphatic rings. The summed E-state index contributed by atoms with van der Waals surface area (Å²) >= 11 is 5.73. The van der Waals surface area contributed by atoms with Gasteiger partial charge in [0, 0.05) is 29.7 Å². The number of pyridine rings is 1. The van der Waals surface area contributed by atoms with Crippen LogP contribution in [0.3, 0.4) is 0 Å². The Bertz CT molecular complexity index is 1320. The zero-order chi connectivity index (χ0) is 24.1. The van der Waals surface area contributed by atoms with E-state index in [1.807, 2.05) is 0 Å². The lowest BCUT2D eigenvalue weighted by Gasteiger charge is -2.13. The molecule has 1 amide bonds. The molecule has 0 unspecified atom stereocenters. The molecule has 7 nitrogen and oxygen atoms in total. The minimum atomic E-state index is -4.94. The van der Waals surface area contributed by atoms with Crippen LogP contribution in [0.25, 0.3) is 11.3 Å².